The standard InChI is InChI=1S/C20H24N6O/c1-3-24(4-2)18-9-10-19(23-22-18)25-11-13-26(14-12-25)20(27)17-7-5-16(15-21)6-8-17/h5-10H,3-4,11-14H2,1-2H3. The van der Waals surface area contributed by atoms with E-state index in [1.807, 2.05) is 17.0 Å². The predicted octanol–water partition coefficient (Wildman–Crippen LogP) is 2.16. The average molecular weight is 364 g/mol. The summed E-state index contributed by atoms with van der Waals surface area (Å²) >= 11 is 0. The highest BCUT2D eigenvalue weighted by Gasteiger charge is 2.23. The fourth-order valence-electron chi connectivity index (χ4n) is 3.21. The maximum atomic E-state index is 12.6. The summed E-state index contributed by atoms with van der Waals surface area (Å²) in [6.07, 6.45) is 0. The highest BCUT2D eigenvalue weighted by atomic mass is 16.2. The Hall–Kier alpha value is -3.14. The molecule has 140 valence electrons. The first-order valence-corrected chi connectivity index (χ1v) is 9.29. The third-order valence-corrected chi connectivity index (χ3v) is 4.88. The van der Waals surface area contributed by atoms with Crippen molar-refractivity contribution in [1.29, 1.82) is 5.26 Å². The maximum absolute atomic E-state index is 12.6. The Bertz CT molecular complexity index is 800. The number of rotatable bonds is 5. The van der Waals surface area contributed by atoms with Crippen LogP contribution in [0.2, 0.25) is 0 Å². The van der Waals surface area contributed by atoms with Gasteiger partial charge < -0.3 is 14.7 Å². The number of aromatic nitrogens is 2. The minimum Gasteiger partial charge on any atom is -0.356 e. The number of amides is 1. The van der Waals surface area contributed by atoms with Crippen LogP contribution in [-0.2, 0) is 0 Å². The van der Waals surface area contributed by atoms with Gasteiger partial charge in [0.2, 0.25) is 0 Å². The van der Waals surface area contributed by atoms with E-state index in [1.165, 1.54) is 0 Å². The first-order chi connectivity index (χ1) is 13.2. The molecular weight excluding hydrogens is 340 g/mol. The molecule has 0 unspecified atom stereocenters. The van der Waals surface area contributed by atoms with E-state index in [0.29, 0.717) is 24.2 Å². The molecule has 0 spiro atoms. The molecule has 27 heavy (non-hydrogen) atoms. The van der Waals surface area contributed by atoms with Crippen LogP contribution in [0.15, 0.2) is 36.4 Å². The molecule has 3 rings (SSSR count). The molecule has 0 aliphatic carbocycles. The van der Waals surface area contributed by atoms with Gasteiger partial charge in [-0.3, -0.25) is 4.79 Å². The first-order valence-electron chi connectivity index (χ1n) is 9.29. The zero-order chi connectivity index (χ0) is 19.2. The lowest BCUT2D eigenvalue weighted by Gasteiger charge is -2.35. The third kappa shape index (κ3) is 4.17. The molecule has 2 heterocycles. The summed E-state index contributed by atoms with van der Waals surface area (Å²) < 4.78 is 0. The molecule has 1 aliphatic rings. The van der Waals surface area contributed by atoms with Gasteiger partial charge in [-0.05, 0) is 50.2 Å². The van der Waals surface area contributed by atoms with Crippen molar-refractivity contribution in [3.63, 3.8) is 0 Å². The van der Waals surface area contributed by atoms with Crippen LogP contribution in [-0.4, -0.2) is 60.3 Å². The van der Waals surface area contributed by atoms with Crippen molar-refractivity contribution in [3.05, 3.63) is 47.5 Å². The van der Waals surface area contributed by atoms with E-state index in [9.17, 15) is 4.79 Å². The predicted molar refractivity (Wildman–Crippen MR) is 105 cm³/mol. The molecule has 1 amide bonds. The van der Waals surface area contributed by atoms with Crippen LogP contribution in [0.5, 0.6) is 0 Å². The van der Waals surface area contributed by atoms with E-state index in [1.54, 1.807) is 24.3 Å². The molecule has 0 radical (unpaired) electrons. The SMILES string of the molecule is CCN(CC)c1ccc(N2CCN(C(=O)c3ccc(C#N)cc3)CC2)nn1. The summed E-state index contributed by atoms with van der Waals surface area (Å²) in [5.41, 5.74) is 1.17. The Balaban J connectivity index is 1.59. The van der Waals surface area contributed by atoms with E-state index < -0.39 is 0 Å². The Morgan fingerprint density at radius 3 is 2.22 bits per heavy atom. The van der Waals surface area contributed by atoms with Crippen molar-refractivity contribution < 1.29 is 4.79 Å². The van der Waals surface area contributed by atoms with Crippen LogP contribution >= 0.6 is 0 Å². The molecular formula is C20H24N6O. The summed E-state index contributed by atoms with van der Waals surface area (Å²) in [6, 6.07) is 12.8. The van der Waals surface area contributed by atoms with Gasteiger partial charge in [0.05, 0.1) is 11.6 Å². The van der Waals surface area contributed by atoms with Crippen LogP contribution in [0, 0.1) is 11.3 Å². The minimum absolute atomic E-state index is 0.00195. The number of nitriles is 1. The number of benzene rings is 1. The Kier molecular flexibility index (Phi) is 5.87. The zero-order valence-corrected chi connectivity index (χ0v) is 15.8. The number of hydrogen-bond donors (Lipinski definition) is 0. The smallest absolute Gasteiger partial charge is 0.253 e. The average Bonchev–Trinajstić information content (AvgIpc) is 2.75. The van der Waals surface area contributed by atoms with Gasteiger partial charge in [0, 0.05) is 44.8 Å². The lowest BCUT2D eigenvalue weighted by Crippen LogP contribution is -2.49. The quantitative estimate of drug-likeness (QED) is 0.809. The zero-order valence-electron chi connectivity index (χ0n) is 15.8. The molecule has 0 N–H and O–H groups in total. The normalized spacial score (nSPS) is 14.0. The largest absolute Gasteiger partial charge is 0.356 e. The number of carbonyl (C=O) groups excluding carboxylic acids is 1. The van der Waals surface area contributed by atoms with Gasteiger partial charge in [0.1, 0.15) is 0 Å². The second-order valence-electron chi connectivity index (χ2n) is 6.39. The van der Waals surface area contributed by atoms with Gasteiger partial charge in [-0.2, -0.15) is 5.26 Å². The lowest BCUT2D eigenvalue weighted by atomic mass is 10.1. The maximum Gasteiger partial charge on any atom is 0.253 e. The highest BCUT2D eigenvalue weighted by molar-refractivity contribution is 5.94. The van der Waals surface area contributed by atoms with E-state index in [-0.39, 0.29) is 5.91 Å². The number of hydrogen-bond acceptors (Lipinski definition) is 6. The van der Waals surface area contributed by atoms with E-state index in [4.69, 9.17) is 5.26 Å². The molecule has 1 aromatic carbocycles. The topological polar surface area (TPSA) is 76.4 Å². The molecule has 7 nitrogen and oxygen atoms in total. The van der Waals surface area contributed by atoms with Crippen molar-refractivity contribution in [2.24, 2.45) is 0 Å². The molecule has 0 atom stereocenters. The van der Waals surface area contributed by atoms with Crippen LogP contribution in [0.4, 0.5) is 11.6 Å². The summed E-state index contributed by atoms with van der Waals surface area (Å²) in [7, 11) is 0. The monoisotopic (exact) mass is 364 g/mol. The molecule has 1 aliphatic heterocycles. The minimum atomic E-state index is 0.00195. The fourth-order valence-corrected chi connectivity index (χ4v) is 3.21. The summed E-state index contributed by atoms with van der Waals surface area (Å²) in [5, 5.41) is 17.6. The Labute approximate surface area is 159 Å². The van der Waals surface area contributed by atoms with Gasteiger partial charge in [0.15, 0.2) is 11.6 Å². The molecule has 2 aromatic rings. The van der Waals surface area contributed by atoms with Gasteiger partial charge in [-0.15, -0.1) is 10.2 Å². The van der Waals surface area contributed by atoms with E-state index in [2.05, 4.69) is 39.9 Å². The van der Waals surface area contributed by atoms with Crippen molar-refractivity contribution in [3.8, 4) is 6.07 Å². The van der Waals surface area contributed by atoms with E-state index in [0.717, 1.165) is 37.8 Å². The molecule has 0 bridgehead atoms. The van der Waals surface area contributed by atoms with Gasteiger partial charge in [-0.25, -0.2) is 0 Å². The van der Waals surface area contributed by atoms with Crippen LogP contribution < -0.4 is 9.80 Å². The lowest BCUT2D eigenvalue weighted by molar-refractivity contribution is 0.0746. The van der Waals surface area contributed by atoms with Crippen molar-refractivity contribution in [2.75, 3.05) is 49.1 Å². The highest BCUT2D eigenvalue weighted by Crippen LogP contribution is 2.17. The molecule has 7 heteroatoms. The number of nitrogens with zero attached hydrogens (tertiary/aromatic N) is 6. The summed E-state index contributed by atoms with van der Waals surface area (Å²) in [4.78, 5) is 18.8. The fraction of sp³-hybridized carbons (Fsp3) is 0.400. The van der Waals surface area contributed by atoms with Gasteiger partial charge >= 0.3 is 0 Å². The Morgan fingerprint density at radius 1 is 1.04 bits per heavy atom. The summed E-state index contributed by atoms with van der Waals surface area (Å²) in [5.74, 6) is 1.73. The molecule has 1 aromatic heterocycles. The van der Waals surface area contributed by atoms with E-state index >= 15 is 0 Å². The van der Waals surface area contributed by atoms with Crippen LogP contribution in [0.3, 0.4) is 0 Å². The van der Waals surface area contributed by atoms with Crippen molar-refractivity contribution in [2.45, 2.75) is 13.8 Å². The molecule has 0 saturated carbocycles. The number of piperazine rings is 1. The van der Waals surface area contributed by atoms with Crippen molar-refractivity contribution >= 4 is 17.5 Å². The second-order valence-corrected chi connectivity index (χ2v) is 6.39. The summed E-state index contributed by atoms with van der Waals surface area (Å²) in [6.45, 7) is 8.73. The third-order valence-electron chi connectivity index (χ3n) is 4.88. The van der Waals surface area contributed by atoms with Gasteiger partial charge in [-0.1, -0.05) is 0 Å². The van der Waals surface area contributed by atoms with Crippen molar-refractivity contribution in [1.82, 2.24) is 15.1 Å². The van der Waals surface area contributed by atoms with Crippen LogP contribution in [0.25, 0.3) is 0 Å². The molecule has 1 fully saturated rings. The van der Waals surface area contributed by atoms with Gasteiger partial charge in [0.25, 0.3) is 5.91 Å². The number of anilines is 2. The second kappa shape index (κ2) is 8.49. The van der Waals surface area contributed by atoms with Crippen LogP contribution in [0.1, 0.15) is 29.8 Å². The first kappa shape index (κ1) is 18.6. The number of carbonyl (C=O) groups is 1. The Morgan fingerprint density at radius 2 is 1.70 bits per heavy atom. The molecule has 1 saturated heterocycles.